The Morgan fingerprint density at radius 1 is 0.853 bits per heavy atom. The van der Waals surface area contributed by atoms with Crippen molar-refractivity contribution in [2.75, 3.05) is 41.0 Å². The highest BCUT2D eigenvalue weighted by Gasteiger charge is 2.50. The smallest absolute Gasteiger partial charge is 0.358 e. The van der Waals surface area contributed by atoms with Gasteiger partial charge in [-0.05, 0) is 59.5 Å². The summed E-state index contributed by atoms with van der Waals surface area (Å²) in [7, 11) is 4.88. The number of ether oxygens (including phenoxy) is 6. The van der Waals surface area contributed by atoms with Crippen LogP contribution in [0.5, 0.6) is 5.75 Å². The number of nitrogens with one attached hydrogen (secondary N) is 5. The first-order chi connectivity index (χ1) is 45.5. The largest absolute Gasteiger partial charge is 0.506 e. The van der Waals surface area contributed by atoms with E-state index in [1.165, 1.54) is 60.6 Å². The number of cyclic esters (lactones) is 2. The molecule has 8 aromatic rings. The second-order valence-corrected chi connectivity index (χ2v) is 27.4. The van der Waals surface area contributed by atoms with Gasteiger partial charge >= 0.3 is 11.9 Å². The minimum atomic E-state index is -1.89. The van der Waals surface area contributed by atoms with Crippen molar-refractivity contribution >= 4 is 109 Å². The Hall–Kier alpha value is -8.30. The van der Waals surface area contributed by atoms with Crippen LogP contribution in [0.25, 0.3) is 49.3 Å². The fourth-order valence-corrected chi connectivity index (χ4v) is 16.0. The number of aromatic nitrogens is 7. The van der Waals surface area contributed by atoms with Crippen molar-refractivity contribution in [3.8, 4) is 38.4 Å². The number of esters is 2. The van der Waals surface area contributed by atoms with E-state index in [9.17, 15) is 40.0 Å². The Balaban J connectivity index is 1.04. The first kappa shape index (κ1) is 66.7. The predicted octanol–water partition coefficient (Wildman–Crippen LogP) is 4.24. The van der Waals surface area contributed by atoms with Crippen molar-refractivity contribution in [2.24, 2.45) is 0 Å². The Bertz CT molecular complexity index is 4320. The van der Waals surface area contributed by atoms with Gasteiger partial charge in [0.1, 0.15) is 114 Å². The van der Waals surface area contributed by atoms with Crippen LogP contribution in [0.15, 0.2) is 56.9 Å². The zero-order valence-corrected chi connectivity index (χ0v) is 55.7. The average molecular weight is 1400 g/mol. The number of likely N-dealkylation sites (N-methyl/N-ethyl adjacent to an activating group) is 1. The van der Waals surface area contributed by atoms with E-state index in [0.717, 1.165) is 45.3 Å². The molecule has 11 heterocycles. The minimum Gasteiger partial charge on any atom is -0.506 e. The fraction of sp³-hybridized carbons (Fsp3) is 0.400. The summed E-state index contributed by atoms with van der Waals surface area (Å²) in [4.78, 5) is 119. The summed E-state index contributed by atoms with van der Waals surface area (Å²) in [6.07, 6.45) is -7.41. The van der Waals surface area contributed by atoms with Crippen LogP contribution in [-0.2, 0) is 57.8 Å². The van der Waals surface area contributed by atoms with E-state index in [2.05, 4.69) is 41.5 Å². The number of hydrogen-bond donors (Lipinski definition) is 10. The first-order valence-corrected chi connectivity index (χ1v) is 33.9. The van der Waals surface area contributed by atoms with Crippen molar-refractivity contribution in [2.45, 2.75) is 114 Å². The van der Waals surface area contributed by atoms with Crippen LogP contribution in [0, 0.1) is 0 Å². The molecular weight excluding hydrogens is 1340 g/mol. The normalized spacial score (nSPS) is 24.6. The van der Waals surface area contributed by atoms with Gasteiger partial charge in [0.15, 0.2) is 18.1 Å². The first-order valence-electron chi connectivity index (χ1n) is 29.5. The summed E-state index contributed by atoms with van der Waals surface area (Å²) in [6.45, 7) is 4.90. The van der Waals surface area contributed by atoms with Gasteiger partial charge in [0, 0.05) is 62.9 Å². The van der Waals surface area contributed by atoms with Gasteiger partial charge in [-0.25, -0.2) is 39.5 Å². The lowest BCUT2D eigenvalue weighted by Crippen LogP contribution is -2.62. The SMILES string of the molecule is COC(C)=C1NC(=O)[C@H]([C@@H](C)O)NC(=O)c2csc(n2)-c2cc(O)c(-c3nc(CNCCO)cs3)nc2-c2csc(n2)[C@@H]2COC(=O)c3c4c5c(cccc5n3O)COC(=O)[C@@H](O[C@H]3C[C@](C)(O)[C@H](N(C)C)[C@H](C)O3)[C@@H](OC4)[C@H](NC(=O)c3csc1n3)c1nc(cs1)C(=O)N2. The Labute approximate surface area is 559 Å². The van der Waals surface area contributed by atoms with Crippen LogP contribution in [0.4, 0.5) is 0 Å². The molecule has 10 atom stereocenters. The van der Waals surface area contributed by atoms with Gasteiger partial charge in [0.2, 0.25) is 5.91 Å². The number of aliphatic hydroxyl groups is 3. The number of amides is 4. The maximum absolute atomic E-state index is 15.2. The molecule has 1 saturated heterocycles. The summed E-state index contributed by atoms with van der Waals surface area (Å²) >= 11 is 4.95. The molecule has 35 heteroatoms. The van der Waals surface area contributed by atoms with Gasteiger partial charge in [0.05, 0.1) is 55.4 Å². The van der Waals surface area contributed by atoms with Crippen LogP contribution in [-0.4, -0.2) is 190 Å². The summed E-state index contributed by atoms with van der Waals surface area (Å²) in [5, 5.41) is 78.8. The number of carbonyl (C=O) groups excluding carboxylic acids is 6. The van der Waals surface area contributed by atoms with Gasteiger partial charge in [-0.2, -0.15) is 4.73 Å². The van der Waals surface area contributed by atoms with Crippen LogP contribution >= 0.6 is 56.7 Å². The van der Waals surface area contributed by atoms with E-state index in [1.54, 1.807) is 55.7 Å². The predicted molar refractivity (Wildman–Crippen MR) is 343 cm³/mol. The van der Waals surface area contributed by atoms with Gasteiger partial charge < -0.3 is 85.5 Å². The maximum atomic E-state index is 15.2. The lowest BCUT2D eigenvalue weighted by atomic mass is 9.85. The summed E-state index contributed by atoms with van der Waals surface area (Å²) < 4.78 is 38.3. The highest BCUT2D eigenvalue weighted by molar-refractivity contribution is 7.14. The number of carbonyl (C=O) groups is 6. The van der Waals surface area contributed by atoms with E-state index >= 15 is 14.4 Å². The zero-order valence-electron chi connectivity index (χ0n) is 51.6. The lowest BCUT2D eigenvalue weighted by Gasteiger charge is -2.48. The van der Waals surface area contributed by atoms with Gasteiger partial charge in [0.25, 0.3) is 17.7 Å². The average Bonchev–Trinajstić information content (AvgIpc) is 1.64. The number of benzene rings is 1. The molecule has 0 radical (unpaired) electrons. The number of fused-ring (bicyclic) bond motifs is 15. The van der Waals surface area contributed by atoms with E-state index < -0.39 is 122 Å². The molecule has 4 amide bonds. The molecule has 500 valence electrons. The van der Waals surface area contributed by atoms with Crippen molar-refractivity contribution in [1.82, 2.24) is 66.1 Å². The zero-order chi connectivity index (χ0) is 67.3. The molecule has 1 fully saturated rings. The number of thiazole rings is 5. The molecular formula is C60H63N13O17S5. The summed E-state index contributed by atoms with van der Waals surface area (Å²) in [5.41, 5.74) is -1.22. The van der Waals surface area contributed by atoms with E-state index in [0.29, 0.717) is 27.5 Å². The molecule has 7 aromatic heterocycles. The van der Waals surface area contributed by atoms with Gasteiger partial charge in [-0.15, -0.1) is 56.7 Å². The maximum Gasteiger partial charge on any atom is 0.358 e. The van der Waals surface area contributed by atoms with Crippen LogP contribution in [0.1, 0.15) is 120 Å². The number of methoxy groups -OCH3 is 1. The number of aliphatic hydroxyl groups excluding tert-OH is 2. The molecule has 12 bridgehead atoms. The number of hydrogen-bond acceptors (Lipinski definition) is 30. The molecule has 12 rings (SSSR count). The topological polar surface area (TPSA) is 405 Å². The van der Waals surface area contributed by atoms with Gasteiger partial charge in [-0.1, -0.05) is 12.1 Å². The molecule has 30 nitrogen and oxygen atoms in total. The molecule has 1 aromatic carbocycles. The van der Waals surface area contributed by atoms with E-state index in [-0.39, 0.29) is 113 Å². The van der Waals surface area contributed by atoms with Crippen LogP contribution in [0.3, 0.4) is 0 Å². The van der Waals surface area contributed by atoms with Crippen LogP contribution in [0.2, 0.25) is 0 Å². The third-order valence-electron chi connectivity index (χ3n) is 16.2. The lowest BCUT2D eigenvalue weighted by molar-refractivity contribution is -0.280. The molecule has 0 saturated carbocycles. The number of pyridine rings is 1. The van der Waals surface area contributed by atoms with Crippen molar-refractivity contribution in [3.05, 3.63) is 112 Å². The third-order valence-corrected chi connectivity index (χ3v) is 20.7. The van der Waals surface area contributed by atoms with Crippen LogP contribution < -0.4 is 26.6 Å². The number of rotatable bonds is 10. The van der Waals surface area contributed by atoms with Crippen molar-refractivity contribution in [3.63, 3.8) is 0 Å². The fourth-order valence-electron chi connectivity index (χ4n) is 11.8. The Morgan fingerprint density at radius 3 is 2.27 bits per heavy atom. The summed E-state index contributed by atoms with van der Waals surface area (Å²) in [5.74, 6) is -6.00. The monoisotopic (exact) mass is 1400 g/mol. The number of nitrogens with zero attached hydrogens (tertiary/aromatic N) is 8. The molecule has 95 heavy (non-hydrogen) atoms. The Morgan fingerprint density at radius 2 is 1.54 bits per heavy atom. The highest BCUT2D eigenvalue weighted by atomic mass is 32.1. The Kier molecular flexibility index (Phi) is 19.3. The third kappa shape index (κ3) is 13.4. The second-order valence-electron chi connectivity index (χ2n) is 23.0. The number of allylic oxidation sites excluding steroid dienone is 1. The molecule has 4 aliphatic rings. The second kappa shape index (κ2) is 27.4. The van der Waals surface area contributed by atoms with E-state index in [4.69, 9.17) is 43.4 Å². The molecule has 0 aliphatic carbocycles. The molecule has 0 unspecified atom stereocenters. The van der Waals surface area contributed by atoms with Gasteiger partial charge in [-0.3, -0.25) is 19.2 Å². The minimum absolute atomic E-state index is 0.00631. The number of aromatic hydroxyl groups is 1. The highest BCUT2D eigenvalue weighted by Crippen LogP contribution is 2.43. The quantitative estimate of drug-likeness (QED) is 0.0396. The molecule has 0 spiro atoms. The molecule has 10 N–H and O–H groups in total. The standard InChI is InChI=1S/C60H63N13O17S5/c1-24(75)40-52(80)70-41(25(2)85-7)55-66-35(23-94-55)51(79)71-44-46-47(90-38-14-60(4,83)48(72(5)6)26(3)89-38)59(82)87-16-27-9-8-10-36-39(27)30(17-86-46)45(73(36)84)58(81)88-18-31(63-49(77)33-22-95-57(44)67-33)54-64-32(20-93-54)42-29(53-65-34(21-92-53)50(78)69-40)13-37(76)43(68-42)56-62-28(19-91-56)15-61-11-12-74/h8-10,13,19-24,26,31,38,40,44,46-48,61,74-76,83-84H,11-12,14-18H2,1-7H3,(H,63,77)(H,69,78)(H,70,80)(H,71,79)/t24-,26+,31+,38+,40+,44+,46+,47+,48-,60+/m1/s1. The van der Waals surface area contributed by atoms with Crippen molar-refractivity contribution < 1.29 is 82.8 Å². The summed E-state index contributed by atoms with van der Waals surface area (Å²) in [6, 6.07) is 0.974. The van der Waals surface area contributed by atoms with E-state index in [1.807, 2.05) is 0 Å². The molecule has 4 aliphatic heterocycles. The van der Waals surface area contributed by atoms with Crippen molar-refractivity contribution in [1.29, 1.82) is 0 Å².